The van der Waals surface area contributed by atoms with Crippen LogP contribution >= 0.6 is 0 Å². The maximum absolute atomic E-state index is 12.0. The average molecular weight is 331 g/mol. The minimum atomic E-state index is -0.883. The van der Waals surface area contributed by atoms with Gasteiger partial charge in [-0.1, -0.05) is 31.4 Å². The maximum Gasteiger partial charge on any atom is 0.242 e. The van der Waals surface area contributed by atoms with Crippen LogP contribution in [0.4, 0.5) is 5.69 Å². The zero-order valence-electron chi connectivity index (χ0n) is 14.3. The molecule has 0 saturated heterocycles. The van der Waals surface area contributed by atoms with Gasteiger partial charge in [-0.05, 0) is 37.5 Å². The quantitative estimate of drug-likeness (QED) is 0.572. The van der Waals surface area contributed by atoms with Crippen LogP contribution in [0.5, 0.6) is 0 Å². The van der Waals surface area contributed by atoms with Gasteiger partial charge in [0.2, 0.25) is 11.8 Å². The van der Waals surface area contributed by atoms with Crippen molar-refractivity contribution in [3.8, 4) is 0 Å². The molecule has 1 saturated carbocycles. The minimum absolute atomic E-state index is 0.0885. The van der Waals surface area contributed by atoms with Crippen molar-refractivity contribution in [1.29, 1.82) is 0 Å². The third-order valence-corrected chi connectivity index (χ3v) is 4.25. The first-order valence-corrected chi connectivity index (χ1v) is 8.31. The average Bonchev–Trinajstić information content (AvgIpc) is 2.53. The Balaban J connectivity index is 1.90. The van der Waals surface area contributed by atoms with Crippen LogP contribution in [-0.2, 0) is 9.59 Å². The molecule has 2 amide bonds. The number of rotatable bonds is 5. The molecule has 2 rings (SSSR count). The van der Waals surface area contributed by atoms with Crippen LogP contribution in [0, 0.1) is 0 Å². The van der Waals surface area contributed by atoms with Crippen LogP contribution in [-0.4, -0.2) is 28.2 Å². The lowest BCUT2D eigenvalue weighted by Gasteiger charge is -2.31. The number of hydrazone groups is 1. The van der Waals surface area contributed by atoms with Crippen molar-refractivity contribution in [2.24, 2.45) is 5.10 Å². The summed E-state index contributed by atoms with van der Waals surface area (Å²) in [6, 6.07) is 7.21. The molecular formula is C18H25N3O3. The Bertz CT molecular complexity index is 617. The molecule has 130 valence electrons. The maximum atomic E-state index is 12.0. The van der Waals surface area contributed by atoms with Gasteiger partial charge < -0.3 is 10.4 Å². The zero-order valence-corrected chi connectivity index (χ0v) is 14.3. The van der Waals surface area contributed by atoms with Crippen LogP contribution in [0.2, 0.25) is 0 Å². The summed E-state index contributed by atoms with van der Waals surface area (Å²) in [6.45, 7) is 3.25. The molecule has 0 heterocycles. The number of nitrogens with one attached hydrogen (secondary N) is 2. The molecule has 1 aliphatic rings. The van der Waals surface area contributed by atoms with E-state index in [4.69, 9.17) is 0 Å². The van der Waals surface area contributed by atoms with Crippen molar-refractivity contribution in [3.05, 3.63) is 29.8 Å². The largest absolute Gasteiger partial charge is 0.389 e. The molecule has 1 aromatic carbocycles. The lowest BCUT2D eigenvalue weighted by atomic mass is 9.82. The fourth-order valence-corrected chi connectivity index (χ4v) is 2.93. The van der Waals surface area contributed by atoms with Crippen molar-refractivity contribution in [1.82, 2.24) is 5.43 Å². The van der Waals surface area contributed by atoms with Crippen LogP contribution in [0.15, 0.2) is 29.4 Å². The molecule has 0 radical (unpaired) electrons. The third-order valence-electron chi connectivity index (χ3n) is 4.25. The van der Waals surface area contributed by atoms with Crippen molar-refractivity contribution in [3.63, 3.8) is 0 Å². The van der Waals surface area contributed by atoms with Crippen LogP contribution in [0.25, 0.3) is 0 Å². The van der Waals surface area contributed by atoms with Crippen LogP contribution in [0.1, 0.15) is 57.9 Å². The van der Waals surface area contributed by atoms with Gasteiger partial charge in [-0.3, -0.25) is 9.59 Å². The summed E-state index contributed by atoms with van der Waals surface area (Å²) in [5, 5.41) is 17.2. The molecule has 0 unspecified atom stereocenters. The molecule has 6 heteroatoms. The molecule has 24 heavy (non-hydrogen) atoms. The summed E-state index contributed by atoms with van der Waals surface area (Å²) < 4.78 is 0. The number of amides is 2. The monoisotopic (exact) mass is 331 g/mol. The number of hydrogen-bond acceptors (Lipinski definition) is 4. The Morgan fingerprint density at radius 1 is 1.12 bits per heavy atom. The van der Waals surface area contributed by atoms with Gasteiger partial charge in [0.25, 0.3) is 0 Å². The second kappa shape index (κ2) is 8.06. The van der Waals surface area contributed by atoms with E-state index in [0.29, 0.717) is 24.2 Å². The van der Waals surface area contributed by atoms with E-state index in [1.54, 1.807) is 19.1 Å². The first-order valence-electron chi connectivity index (χ1n) is 8.31. The lowest BCUT2D eigenvalue weighted by molar-refractivity contribution is -0.127. The molecule has 1 aromatic rings. The number of carbonyl (C=O) groups is 2. The van der Waals surface area contributed by atoms with Gasteiger partial charge in [0.1, 0.15) is 0 Å². The Hall–Kier alpha value is -2.21. The number of anilines is 1. The predicted molar refractivity (Wildman–Crippen MR) is 93.8 cm³/mol. The highest BCUT2D eigenvalue weighted by atomic mass is 16.3. The van der Waals surface area contributed by atoms with Gasteiger partial charge in [0, 0.05) is 12.6 Å². The van der Waals surface area contributed by atoms with E-state index >= 15 is 0 Å². The second-order valence-corrected chi connectivity index (χ2v) is 6.45. The van der Waals surface area contributed by atoms with Crippen molar-refractivity contribution in [2.75, 3.05) is 5.32 Å². The molecule has 0 aromatic heterocycles. The summed E-state index contributed by atoms with van der Waals surface area (Å²) in [5.74, 6) is -0.394. The minimum Gasteiger partial charge on any atom is -0.389 e. The van der Waals surface area contributed by atoms with Crippen LogP contribution in [0.3, 0.4) is 0 Å². The molecule has 0 bridgehead atoms. The summed E-state index contributed by atoms with van der Waals surface area (Å²) in [7, 11) is 0. The molecule has 0 atom stereocenters. The lowest BCUT2D eigenvalue weighted by Crippen LogP contribution is -2.37. The molecule has 1 aliphatic carbocycles. The van der Waals surface area contributed by atoms with E-state index < -0.39 is 5.60 Å². The van der Waals surface area contributed by atoms with Crippen LogP contribution < -0.4 is 10.7 Å². The van der Waals surface area contributed by atoms with Gasteiger partial charge >= 0.3 is 0 Å². The number of carbonyl (C=O) groups excluding carboxylic acids is 2. The summed E-state index contributed by atoms with van der Waals surface area (Å²) >= 11 is 0. The van der Waals surface area contributed by atoms with E-state index in [1.807, 2.05) is 12.1 Å². The normalized spacial score (nSPS) is 17.2. The highest BCUT2D eigenvalue weighted by molar-refractivity contribution is 6.00. The molecule has 1 fully saturated rings. The molecule has 0 aliphatic heterocycles. The molecule has 3 N–H and O–H groups in total. The fourth-order valence-electron chi connectivity index (χ4n) is 2.93. The van der Waals surface area contributed by atoms with E-state index in [2.05, 4.69) is 15.8 Å². The van der Waals surface area contributed by atoms with Crippen molar-refractivity contribution in [2.45, 2.75) is 58.0 Å². The SMILES string of the molecule is CC(=O)Nc1ccc(C(C)=NNC(=O)CC2(O)CCCCC2)cc1. The number of benzene rings is 1. The predicted octanol–water partition coefficient (Wildman–Crippen LogP) is 2.57. The Morgan fingerprint density at radius 3 is 2.33 bits per heavy atom. The van der Waals surface area contributed by atoms with Gasteiger partial charge in [-0.15, -0.1) is 0 Å². The van der Waals surface area contributed by atoms with E-state index in [1.165, 1.54) is 6.92 Å². The van der Waals surface area contributed by atoms with Crippen molar-refractivity contribution < 1.29 is 14.7 Å². The number of hydrogen-bond donors (Lipinski definition) is 3. The number of aliphatic hydroxyl groups is 1. The third kappa shape index (κ3) is 5.45. The summed E-state index contributed by atoms with van der Waals surface area (Å²) in [4.78, 5) is 23.0. The van der Waals surface area contributed by atoms with Gasteiger partial charge in [0.15, 0.2) is 0 Å². The summed E-state index contributed by atoms with van der Waals surface area (Å²) in [6.07, 6.45) is 4.49. The fraction of sp³-hybridized carbons (Fsp3) is 0.500. The standard InChI is InChI=1S/C18H25N3O3/c1-13(15-6-8-16(9-7-15)19-14(2)22)20-21-17(23)12-18(24)10-4-3-5-11-18/h6-9,24H,3-5,10-12H2,1-2H3,(H,19,22)(H,21,23). The second-order valence-electron chi connectivity index (χ2n) is 6.45. The number of nitrogens with zero attached hydrogens (tertiary/aromatic N) is 1. The van der Waals surface area contributed by atoms with Gasteiger partial charge in [-0.25, -0.2) is 5.43 Å². The smallest absolute Gasteiger partial charge is 0.242 e. The highest BCUT2D eigenvalue weighted by Gasteiger charge is 2.31. The van der Waals surface area contributed by atoms with E-state index in [-0.39, 0.29) is 18.2 Å². The molecular weight excluding hydrogens is 306 g/mol. The highest BCUT2D eigenvalue weighted by Crippen LogP contribution is 2.30. The molecule has 0 spiro atoms. The molecule has 6 nitrogen and oxygen atoms in total. The first-order chi connectivity index (χ1) is 11.4. The Kier molecular flexibility index (Phi) is 6.09. The zero-order chi connectivity index (χ0) is 17.6. The van der Waals surface area contributed by atoms with E-state index in [0.717, 1.165) is 24.8 Å². The van der Waals surface area contributed by atoms with Gasteiger partial charge in [0.05, 0.1) is 17.7 Å². The Labute approximate surface area is 142 Å². The first kappa shape index (κ1) is 18.1. The van der Waals surface area contributed by atoms with Gasteiger partial charge in [-0.2, -0.15) is 5.10 Å². The van der Waals surface area contributed by atoms with E-state index in [9.17, 15) is 14.7 Å². The van der Waals surface area contributed by atoms with Crippen molar-refractivity contribution >= 4 is 23.2 Å². The topological polar surface area (TPSA) is 90.8 Å². The Morgan fingerprint density at radius 2 is 1.75 bits per heavy atom. The summed E-state index contributed by atoms with van der Waals surface area (Å²) in [5.41, 5.74) is 3.86.